The average molecular weight is 916 g/mol. The summed E-state index contributed by atoms with van der Waals surface area (Å²) in [6.07, 6.45) is 5.53. The molecule has 1 saturated carbocycles. The average Bonchev–Trinajstić information content (AvgIpc) is 3.22. The summed E-state index contributed by atoms with van der Waals surface area (Å²) in [5.74, 6) is -0.740. The van der Waals surface area contributed by atoms with Crippen LogP contribution >= 0.6 is 0 Å². The monoisotopic (exact) mass is 915 g/mol. The van der Waals surface area contributed by atoms with Gasteiger partial charge >= 0.3 is 0 Å². The summed E-state index contributed by atoms with van der Waals surface area (Å²) < 4.78 is 106. The second-order valence-corrected chi connectivity index (χ2v) is 18.5. The molecule has 0 amide bonds. The van der Waals surface area contributed by atoms with Gasteiger partial charge in [0.05, 0.1) is 33.8 Å². The standard InChI is InChI=1S/C40H37N9O11S3/c41-25-8-16-30(32(50)20-25)47-44-28-13-11-26(12-14-28)43-31-17-15-29(21-33(31)61(52,53)54)46-48-38-34(62(55,56)57)18-24-19-35(63(58,59)60)39(40(51)36(24)37(38)42)49-45-27-9-6-23(7-10-27)22-4-2-1-3-5-22/h6-22,43,50-51H,1-5,41-42H2,(H,52,53,54)(H,55,56,57)(H,58,59,60). The minimum Gasteiger partial charge on any atom is -0.506 e. The van der Waals surface area contributed by atoms with Gasteiger partial charge in [-0.15, -0.1) is 15.3 Å². The summed E-state index contributed by atoms with van der Waals surface area (Å²) in [6, 6.07) is 22.3. The number of aromatic hydroxyl groups is 2. The molecule has 1 aliphatic carbocycles. The van der Waals surface area contributed by atoms with Gasteiger partial charge in [-0.05, 0) is 109 Å². The minimum atomic E-state index is -5.22. The van der Waals surface area contributed by atoms with Crippen LogP contribution in [0.2, 0.25) is 0 Å². The zero-order chi connectivity index (χ0) is 45.3. The molecule has 0 spiro atoms. The molecule has 0 aliphatic heterocycles. The van der Waals surface area contributed by atoms with E-state index in [0.717, 1.165) is 49.4 Å². The Kier molecular flexibility index (Phi) is 12.2. The third-order valence-corrected chi connectivity index (χ3v) is 12.7. The second kappa shape index (κ2) is 17.5. The lowest BCUT2D eigenvalue weighted by molar-refractivity contribution is 0.443. The molecule has 0 heterocycles. The van der Waals surface area contributed by atoms with E-state index in [9.17, 15) is 49.1 Å². The summed E-state index contributed by atoms with van der Waals surface area (Å²) in [6.45, 7) is 0. The van der Waals surface area contributed by atoms with Gasteiger partial charge in [0.15, 0.2) is 5.75 Å². The highest BCUT2D eigenvalue weighted by atomic mass is 32.2. The molecule has 0 atom stereocenters. The van der Waals surface area contributed by atoms with Crippen LogP contribution in [0.25, 0.3) is 10.8 Å². The number of hydrogen-bond acceptors (Lipinski definition) is 17. The van der Waals surface area contributed by atoms with Gasteiger partial charge in [0.2, 0.25) is 0 Å². The quantitative estimate of drug-likeness (QED) is 0.0322. The zero-order valence-electron chi connectivity index (χ0n) is 32.6. The first-order valence-corrected chi connectivity index (χ1v) is 23.1. The van der Waals surface area contributed by atoms with Crippen molar-refractivity contribution < 1.29 is 49.1 Å². The van der Waals surface area contributed by atoms with E-state index < -0.39 is 73.2 Å². The number of nitrogens with one attached hydrogen (secondary N) is 1. The Hall–Kier alpha value is -6.89. The number of benzene rings is 6. The summed E-state index contributed by atoms with van der Waals surface area (Å²) in [5.41, 5.74) is 12.0. The van der Waals surface area contributed by atoms with Gasteiger partial charge in [0.25, 0.3) is 30.4 Å². The Labute approximate surface area is 360 Å². The number of nitrogens with zero attached hydrogens (tertiary/aromatic N) is 6. The van der Waals surface area contributed by atoms with Crippen molar-refractivity contribution in [3.05, 3.63) is 103 Å². The Morgan fingerprint density at radius 2 is 1.10 bits per heavy atom. The maximum atomic E-state index is 12.6. The van der Waals surface area contributed by atoms with Crippen molar-refractivity contribution in [3.63, 3.8) is 0 Å². The molecule has 63 heavy (non-hydrogen) atoms. The number of fused-ring (bicyclic) bond motifs is 1. The van der Waals surface area contributed by atoms with E-state index in [2.05, 4.69) is 36.0 Å². The van der Waals surface area contributed by atoms with Gasteiger partial charge < -0.3 is 27.0 Å². The Balaban J connectivity index is 1.22. The number of phenolic OH excluding ortho intramolecular Hbond substituents is 2. The molecule has 7 rings (SSSR count). The summed E-state index contributed by atoms with van der Waals surface area (Å²) >= 11 is 0. The molecule has 0 radical (unpaired) electrons. The SMILES string of the molecule is Nc1ccc(N=Nc2ccc(Nc3ccc(N=Nc4c(S(=O)(=O)O)cc5cc(S(=O)(=O)O)c(N=Nc6ccc(C7CCCCC7)cc6)c(O)c5c4N)cc3S(=O)(=O)O)cc2)c(O)c1. The highest BCUT2D eigenvalue weighted by Crippen LogP contribution is 2.48. The number of nitrogens with two attached hydrogens (primary N) is 2. The highest BCUT2D eigenvalue weighted by molar-refractivity contribution is 7.86. The lowest BCUT2D eigenvalue weighted by Gasteiger charge is -2.21. The third-order valence-electron chi connectivity index (χ3n) is 10.0. The molecule has 0 saturated heterocycles. The normalized spacial score (nSPS) is 14.3. The molecule has 0 aromatic heterocycles. The molecule has 23 heteroatoms. The first kappa shape index (κ1) is 44.2. The van der Waals surface area contributed by atoms with E-state index >= 15 is 0 Å². The molecular weight excluding hydrogens is 879 g/mol. The molecular formula is C40H37N9O11S3. The molecule has 1 fully saturated rings. The molecule has 326 valence electrons. The van der Waals surface area contributed by atoms with Crippen LogP contribution in [0.5, 0.6) is 11.5 Å². The highest BCUT2D eigenvalue weighted by Gasteiger charge is 2.28. The van der Waals surface area contributed by atoms with E-state index in [1.807, 2.05) is 12.1 Å². The van der Waals surface area contributed by atoms with Crippen molar-refractivity contribution in [2.75, 3.05) is 16.8 Å². The van der Waals surface area contributed by atoms with Gasteiger partial charge in [-0.25, -0.2) is 0 Å². The van der Waals surface area contributed by atoms with Crippen molar-refractivity contribution in [1.82, 2.24) is 0 Å². The molecule has 0 unspecified atom stereocenters. The lowest BCUT2D eigenvalue weighted by Crippen LogP contribution is -2.04. The topological polar surface area (TPSA) is 342 Å². The van der Waals surface area contributed by atoms with Crippen LogP contribution in [-0.2, 0) is 30.4 Å². The Morgan fingerprint density at radius 1 is 0.556 bits per heavy atom. The fourth-order valence-corrected chi connectivity index (χ4v) is 8.96. The fourth-order valence-electron chi connectivity index (χ4n) is 6.96. The van der Waals surface area contributed by atoms with Crippen molar-refractivity contribution in [2.45, 2.75) is 52.7 Å². The summed E-state index contributed by atoms with van der Waals surface area (Å²) in [4.78, 5) is -2.66. The van der Waals surface area contributed by atoms with Crippen LogP contribution < -0.4 is 16.8 Å². The Morgan fingerprint density at radius 3 is 1.70 bits per heavy atom. The maximum absolute atomic E-state index is 12.6. The minimum absolute atomic E-state index is 0.122. The van der Waals surface area contributed by atoms with E-state index in [0.29, 0.717) is 23.0 Å². The van der Waals surface area contributed by atoms with E-state index in [1.54, 1.807) is 12.1 Å². The second-order valence-electron chi connectivity index (χ2n) is 14.4. The van der Waals surface area contributed by atoms with Crippen molar-refractivity contribution in [1.29, 1.82) is 0 Å². The third kappa shape index (κ3) is 10.1. The molecule has 0 bridgehead atoms. The van der Waals surface area contributed by atoms with Gasteiger partial charge in [0, 0.05) is 17.4 Å². The van der Waals surface area contributed by atoms with Crippen LogP contribution in [0.15, 0.2) is 142 Å². The van der Waals surface area contributed by atoms with Crippen molar-refractivity contribution >= 4 is 98.0 Å². The number of rotatable bonds is 12. The van der Waals surface area contributed by atoms with Crippen LogP contribution in [0.4, 0.5) is 56.9 Å². The van der Waals surface area contributed by atoms with E-state index in [4.69, 9.17) is 11.5 Å². The largest absolute Gasteiger partial charge is 0.506 e. The number of anilines is 4. The van der Waals surface area contributed by atoms with Gasteiger partial charge in [-0.2, -0.15) is 40.6 Å². The molecule has 6 aromatic carbocycles. The first-order chi connectivity index (χ1) is 29.8. The molecule has 6 aromatic rings. The van der Waals surface area contributed by atoms with Crippen LogP contribution in [0.1, 0.15) is 43.6 Å². The fraction of sp³-hybridized carbons (Fsp3) is 0.150. The summed E-state index contributed by atoms with van der Waals surface area (Å²) in [7, 11) is -15.3. The smallest absolute Gasteiger partial charge is 0.296 e. The zero-order valence-corrected chi connectivity index (χ0v) is 35.0. The number of hydrogen-bond donors (Lipinski definition) is 8. The first-order valence-electron chi connectivity index (χ1n) is 18.8. The predicted molar refractivity (Wildman–Crippen MR) is 233 cm³/mol. The van der Waals surface area contributed by atoms with E-state index in [1.165, 1.54) is 61.0 Å². The predicted octanol–water partition coefficient (Wildman–Crippen LogP) is 10.2. The maximum Gasteiger partial charge on any atom is 0.296 e. The van der Waals surface area contributed by atoms with Crippen LogP contribution in [0.3, 0.4) is 0 Å². The van der Waals surface area contributed by atoms with E-state index in [-0.39, 0.29) is 33.9 Å². The number of azo groups is 3. The van der Waals surface area contributed by atoms with Crippen molar-refractivity contribution in [2.24, 2.45) is 30.7 Å². The molecule has 20 nitrogen and oxygen atoms in total. The number of nitrogen functional groups attached to an aromatic ring is 2. The van der Waals surface area contributed by atoms with Gasteiger partial charge in [-0.3, -0.25) is 13.7 Å². The lowest BCUT2D eigenvalue weighted by atomic mass is 9.84. The van der Waals surface area contributed by atoms with Crippen LogP contribution in [-0.4, -0.2) is 49.1 Å². The van der Waals surface area contributed by atoms with Crippen LogP contribution in [0, 0.1) is 0 Å². The van der Waals surface area contributed by atoms with Crippen molar-refractivity contribution in [3.8, 4) is 11.5 Å². The number of phenols is 2. The Bertz CT molecular complexity index is 3200. The summed E-state index contributed by atoms with van der Waals surface area (Å²) in [5, 5.41) is 47.2. The van der Waals surface area contributed by atoms with Gasteiger partial charge in [0.1, 0.15) is 37.5 Å². The van der Waals surface area contributed by atoms with Gasteiger partial charge in [-0.1, -0.05) is 31.4 Å². The molecule has 1 aliphatic rings. The molecule has 10 N–H and O–H groups in total.